The van der Waals surface area contributed by atoms with E-state index in [4.69, 9.17) is 0 Å². The van der Waals surface area contributed by atoms with Gasteiger partial charge in [0.2, 0.25) is 0 Å². The summed E-state index contributed by atoms with van der Waals surface area (Å²) in [7, 11) is 1.98. The number of benzene rings is 1. The second kappa shape index (κ2) is 4.37. The number of rotatable bonds is 4. The van der Waals surface area contributed by atoms with Gasteiger partial charge in [0.1, 0.15) is 0 Å². The van der Waals surface area contributed by atoms with E-state index in [9.17, 15) is 9.90 Å². The zero-order chi connectivity index (χ0) is 11.7. The maximum Gasteiger partial charge on any atom is 0.338 e. The van der Waals surface area contributed by atoms with Crippen molar-refractivity contribution in [3.63, 3.8) is 0 Å². The molecule has 1 N–H and O–H groups in total. The third-order valence-corrected chi connectivity index (χ3v) is 3.69. The van der Waals surface area contributed by atoms with Crippen molar-refractivity contribution in [2.24, 2.45) is 0 Å². The van der Waals surface area contributed by atoms with Crippen LogP contribution in [0.1, 0.15) is 23.2 Å². The van der Waals surface area contributed by atoms with Crippen LogP contribution in [0.3, 0.4) is 0 Å². The molecule has 3 nitrogen and oxygen atoms in total. The summed E-state index contributed by atoms with van der Waals surface area (Å²) < 4.78 is 0. The minimum Gasteiger partial charge on any atom is -0.478 e. The average molecular weight is 237 g/mol. The molecule has 0 aromatic heterocycles. The number of hydrogen-bond acceptors (Lipinski definition) is 3. The smallest absolute Gasteiger partial charge is 0.338 e. The second-order valence-electron chi connectivity index (χ2n) is 4.00. The highest BCUT2D eigenvalue weighted by atomic mass is 32.2. The van der Waals surface area contributed by atoms with Gasteiger partial charge in [0, 0.05) is 18.0 Å². The SMILES string of the molecule is CSc1cccc(N(C)C2CC2)c1C(=O)O. The molecule has 1 saturated carbocycles. The van der Waals surface area contributed by atoms with Gasteiger partial charge in [-0.05, 0) is 31.2 Å². The van der Waals surface area contributed by atoms with Crippen molar-refractivity contribution in [3.05, 3.63) is 23.8 Å². The lowest BCUT2D eigenvalue weighted by Gasteiger charge is -2.21. The minimum absolute atomic E-state index is 0.435. The van der Waals surface area contributed by atoms with E-state index in [0.717, 1.165) is 10.6 Å². The lowest BCUT2D eigenvalue weighted by atomic mass is 10.1. The molecule has 1 aliphatic carbocycles. The van der Waals surface area contributed by atoms with Crippen LogP contribution in [0.15, 0.2) is 23.1 Å². The first kappa shape index (κ1) is 11.3. The van der Waals surface area contributed by atoms with Crippen molar-refractivity contribution in [2.75, 3.05) is 18.2 Å². The molecule has 0 radical (unpaired) electrons. The molecular weight excluding hydrogens is 222 g/mol. The Hall–Kier alpha value is -1.16. The van der Waals surface area contributed by atoms with Gasteiger partial charge in [-0.1, -0.05) is 6.07 Å². The monoisotopic (exact) mass is 237 g/mol. The number of carbonyl (C=O) groups is 1. The molecule has 1 aromatic rings. The molecular formula is C12H15NO2S. The molecule has 0 amide bonds. The van der Waals surface area contributed by atoms with Gasteiger partial charge in [0.05, 0.1) is 11.3 Å². The van der Waals surface area contributed by atoms with E-state index in [1.807, 2.05) is 31.5 Å². The Morgan fingerprint density at radius 3 is 2.69 bits per heavy atom. The molecule has 0 heterocycles. The quantitative estimate of drug-likeness (QED) is 0.817. The molecule has 0 aliphatic heterocycles. The first-order chi connectivity index (χ1) is 7.65. The van der Waals surface area contributed by atoms with Crippen molar-refractivity contribution in [2.45, 2.75) is 23.8 Å². The Bertz CT molecular complexity index is 415. The van der Waals surface area contributed by atoms with Crippen LogP contribution >= 0.6 is 11.8 Å². The van der Waals surface area contributed by atoms with Crippen LogP contribution in [0.5, 0.6) is 0 Å². The zero-order valence-electron chi connectivity index (χ0n) is 9.43. The van der Waals surface area contributed by atoms with Crippen LogP contribution < -0.4 is 4.90 Å². The molecule has 1 aliphatic rings. The Kier molecular flexibility index (Phi) is 3.10. The van der Waals surface area contributed by atoms with Gasteiger partial charge in [-0.25, -0.2) is 4.79 Å². The van der Waals surface area contributed by atoms with E-state index < -0.39 is 5.97 Å². The summed E-state index contributed by atoms with van der Waals surface area (Å²) in [6.45, 7) is 0. The van der Waals surface area contributed by atoms with E-state index in [1.54, 1.807) is 0 Å². The molecule has 4 heteroatoms. The van der Waals surface area contributed by atoms with Gasteiger partial charge in [-0.15, -0.1) is 11.8 Å². The number of thioether (sulfide) groups is 1. The summed E-state index contributed by atoms with van der Waals surface area (Å²) in [4.78, 5) is 14.2. The Labute approximate surface area is 99.5 Å². The number of carboxylic acids is 1. The first-order valence-electron chi connectivity index (χ1n) is 5.28. The molecule has 0 saturated heterocycles. The Balaban J connectivity index is 2.45. The van der Waals surface area contributed by atoms with Crippen molar-refractivity contribution >= 4 is 23.4 Å². The Morgan fingerprint density at radius 2 is 2.19 bits per heavy atom. The van der Waals surface area contributed by atoms with Crippen LogP contribution in [-0.4, -0.2) is 30.4 Å². The van der Waals surface area contributed by atoms with Crippen LogP contribution in [0.25, 0.3) is 0 Å². The lowest BCUT2D eigenvalue weighted by molar-refractivity contribution is 0.0694. The maximum atomic E-state index is 11.3. The summed E-state index contributed by atoms with van der Waals surface area (Å²) in [5.41, 5.74) is 1.27. The highest BCUT2D eigenvalue weighted by molar-refractivity contribution is 7.98. The van der Waals surface area contributed by atoms with Crippen molar-refractivity contribution in [3.8, 4) is 0 Å². The van der Waals surface area contributed by atoms with Gasteiger partial charge in [0.25, 0.3) is 0 Å². The number of anilines is 1. The zero-order valence-corrected chi connectivity index (χ0v) is 10.3. The number of hydrogen-bond donors (Lipinski definition) is 1. The standard InChI is InChI=1S/C12H15NO2S/c1-13(8-6-7-8)9-4-3-5-10(16-2)11(9)12(14)15/h3-5,8H,6-7H2,1-2H3,(H,14,15). The van der Waals surface area contributed by atoms with Crippen molar-refractivity contribution < 1.29 is 9.90 Å². The fourth-order valence-corrected chi connectivity index (χ4v) is 2.47. The van der Waals surface area contributed by atoms with Crippen LogP contribution in [0.4, 0.5) is 5.69 Å². The molecule has 2 rings (SSSR count). The van der Waals surface area contributed by atoms with Gasteiger partial charge >= 0.3 is 5.97 Å². The van der Waals surface area contributed by atoms with Gasteiger partial charge < -0.3 is 10.0 Å². The maximum absolute atomic E-state index is 11.3. The highest BCUT2D eigenvalue weighted by Crippen LogP contribution is 2.35. The number of aromatic carboxylic acids is 1. The van der Waals surface area contributed by atoms with Gasteiger partial charge in [0.15, 0.2) is 0 Å². The molecule has 0 spiro atoms. The van der Waals surface area contributed by atoms with E-state index in [2.05, 4.69) is 4.90 Å². The molecule has 16 heavy (non-hydrogen) atoms. The summed E-state index contributed by atoms with van der Waals surface area (Å²) >= 11 is 1.48. The van der Waals surface area contributed by atoms with E-state index in [0.29, 0.717) is 11.6 Å². The lowest BCUT2D eigenvalue weighted by Crippen LogP contribution is -2.22. The normalized spacial score (nSPS) is 14.9. The Morgan fingerprint density at radius 1 is 1.50 bits per heavy atom. The largest absolute Gasteiger partial charge is 0.478 e. The molecule has 0 bridgehead atoms. The topological polar surface area (TPSA) is 40.5 Å². The molecule has 86 valence electrons. The predicted octanol–water partition coefficient (Wildman–Crippen LogP) is 2.71. The fraction of sp³-hybridized carbons (Fsp3) is 0.417. The summed E-state index contributed by atoms with van der Waals surface area (Å²) in [6, 6.07) is 6.20. The van der Waals surface area contributed by atoms with Crippen molar-refractivity contribution in [1.82, 2.24) is 0 Å². The summed E-state index contributed by atoms with van der Waals surface area (Å²) in [6.07, 6.45) is 4.24. The molecule has 0 atom stereocenters. The molecule has 1 fully saturated rings. The minimum atomic E-state index is -0.840. The first-order valence-corrected chi connectivity index (χ1v) is 6.50. The summed E-state index contributed by atoms with van der Waals surface area (Å²) in [5, 5.41) is 9.29. The van der Waals surface area contributed by atoms with E-state index in [1.165, 1.54) is 24.6 Å². The number of carboxylic acid groups (broad SMARTS) is 1. The van der Waals surface area contributed by atoms with Crippen LogP contribution in [-0.2, 0) is 0 Å². The van der Waals surface area contributed by atoms with Crippen LogP contribution in [0, 0.1) is 0 Å². The number of nitrogens with zero attached hydrogens (tertiary/aromatic N) is 1. The fourth-order valence-electron chi connectivity index (χ4n) is 1.86. The van der Waals surface area contributed by atoms with Gasteiger partial charge in [-0.2, -0.15) is 0 Å². The highest BCUT2D eigenvalue weighted by Gasteiger charge is 2.29. The van der Waals surface area contributed by atoms with Crippen LogP contribution in [0.2, 0.25) is 0 Å². The third kappa shape index (κ3) is 2.02. The van der Waals surface area contributed by atoms with E-state index >= 15 is 0 Å². The van der Waals surface area contributed by atoms with E-state index in [-0.39, 0.29) is 0 Å². The summed E-state index contributed by atoms with van der Waals surface area (Å²) in [5.74, 6) is -0.840. The predicted molar refractivity (Wildman–Crippen MR) is 66.6 cm³/mol. The second-order valence-corrected chi connectivity index (χ2v) is 4.85. The average Bonchev–Trinajstić information content (AvgIpc) is 3.10. The third-order valence-electron chi connectivity index (χ3n) is 2.91. The van der Waals surface area contributed by atoms with Crippen molar-refractivity contribution in [1.29, 1.82) is 0 Å². The molecule has 1 aromatic carbocycles. The van der Waals surface area contributed by atoms with Gasteiger partial charge in [-0.3, -0.25) is 0 Å². The molecule has 0 unspecified atom stereocenters.